The lowest BCUT2D eigenvalue weighted by atomic mass is 10.3. The van der Waals surface area contributed by atoms with Gasteiger partial charge < -0.3 is 21.9 Å². The second-order valence-electron chi connectivity index (χ2n) is 1.88. The number of rotatable bonds is 5. The van der Waals surface area contributed by atoms with Crippen molar-refractivity contribution in [2.24, 2.45) is 11.5 Å². The molecule has 0 rings (SSSR count). The normalized spacial score (nSPS) is 13.0. The number of hydrogen-bond donors (Lipinski definition) is 4. The summed E-state index contributed by atoms with van der Waals surface area (Å²) in [4.78, 5) is 10.4. The Morgan fingerprint density at radius 1 is 1.70 bits per heavy atom. The molecule has 6 N–H and O–H groups in total. The summed E-state index contributed by atoms with van der Waals surface area (Å²) >= 11 is 0. The predicted molar refractivity (Wildman–Crippen MR) is 37.1 cm³/mol. The quantitative estimate of drug-likeness (QED) is 0.342. The van der Waals surface area contributed by atoms with Crippen LogP contribution in [0, 0.1) is 0 Å². The zero-order chi connectivity index (χ0) is 7.98. The highest BCUT2D eigenvalue weighted by molar-refractivity contribution is 5.79. The molecule has 60 valence electrons. The summed E-state index contributed by atoms with van der Waals surface area (Å²) in [5, 5.41) is 11.2. The lowest BCUT2D eigenvalue weighted by Crippen LogP contribution is -2.45. The van der Waals surface area contributed by atoms with E-state index in [4.69, 9.17) is 16.6 Å². The van der Waals surface area contributed by atoms with Crippen molar-refractivity contribution in [3.63, 3.8) is 0 Å². The third-order valence-corrected chi connectivity index (χ3v) is 1.06. The molecular weight excluding hydrogens is 134 g/mol. The summed E-state index contributed by atoms with van der Waals surface area (Å²) in [5.41, 5.74) is 10.0. The first-order valence-electron chi connectivity index (χ1n) is 3.06. The zero-order valence-corrected chi connectivity index (χ0v) is 5.71. The summed E-state index contributed by atoms with van der Waals surface area (Å²) < 4.78 is 0. The number of hydrogen-bond acceptors (Lipinski definition) is 4. The molecule has 10 heavy (non-hydrogen) atoms. The highest BCUT2D eigenvalue weighted by Gasteiger charge is 2.10. The van der Waals surface area contributed by atoms with Crippen LogP contribution in [0.3, 0.4) is 0 Å². The van der Waals surface area contributed by atoms with Crippen molar-refractivity contribution in [1.82, 2.24) is 5.32 Å². The molecule has 0 aromatic carbocycles. The second kappa shape index (κ2) is 5.16. The van der Waals surface area contributed by atoms with Crippen LogP contribution in [0.5, 0.6) is 0 Å². The van der Waals surface area contributed by atoms with Crippen LogP contribution in [0.1, 0.15) is 0 Å². The summed E-state index contributed by atoms with van der Waals surface area (Å²) in [6.45, 7) is 0.618. The van der Waals surface area contributed by atoms with Crippen LogP contribution >= 0.6 is 0 Å². The molecule has 5 nitrogen and oxygen atoms in total. The summed E-state index contributed by atoms with van der Waals surface area (Å²) in [6.07, 6.45) is 0. The SMILES string of the molecule is NCCN[C@@H](CO)C(N)=O. The first-order valence-corrected chi connectivity index (χ1v) is 3.06. The monoisotopic (exact) mass is 147 g/mol. The first-order chi connectivity index (χ1) is 4.72. The van der Waals surface area contributed by atoms with Crippen LogP contribution < -0.4 is 16.8 Å². The minimum Gasteiger partial charge on any atom is -0.394 e. The van der Waals surface area contributed by atoms with Crippen molar-refractivity contribution < 1.29 is 9.90 Å². The van der Waals surface area contributed by atoms with Gasteiger partial charge in [-0.15, -0.1) is 0 Å². The van der Waals surface area contributed by atoms with E-state index in [0.717, 1.165) is 0 Å². The van der Waals surface area contributed by atoms with E-state index >= 15 is 0 Å². The van der Waals surface area contributed by atoms with Crippen molar-refractivity contribution in [2.75, 3.05) is 19.7 Å². The number of carbonyl (C=O) groups excluding carboxylic acids is 1. The van der Waals surface area contributed by atoms with Gasteiger partial charge in [-0.1, -0.05) is 0 Å². The van der Waals surface area contributed by atoms with Crippen LogP contribution in [-0.4, -0.2) is 36.8 Å². The largest absolute Gasteiger partial charge is 0.394 e. The second-order valence-corrected chi connectivity index (χ2v) is 1.88. The molecule has 0 radical (unpaired) electrons. The molecule has 0 aliphatic heterocycles. The number of nitrogens with one attached hydrogen (secondary N) is 1. The van der Waals surface area contributed by atoms with Crippen molar-refractivity contribution >= 4 is 5.91 Å². The Kier molecular flexibility index (Phi) is 4.82. The molecule has 0 aliphatic carbocycles. The Hall–Kier alpha value is -0.650. The van der Waals surface area contributed by atoms with Gasteiger partial charge in [0.05, 0.1) is 6.61 Å². The van der Waals surface area contributed by atoms with Gasteiger partial charge in [0.25, 0.3) is 0 Å². The van der Waals surface area contributed by atoms with Gasteiger partial charge in [0, 0.05) is 13.1 Å². The third-order valence-electron chi connectivity index (χ3n) is 1.06. The molecule has 0 bridgehead atoms. The minimum absolute atomic E-state index is 0.282. The van der Waals surface area contributed by atoms with Crippen molar-refractivity contribution in [2.45, 2.75) is 6.04 Å². The van der Waals surface area contributed by atoms with Gasteiger partial charge in [-0.3, -0.25) is 4.79 Å². The predicted octanol–water partition coefficient (Wildman–Crippen LogP) is -2.62. The molecule has 0 unspecified atom stereocenters. The fraction of sp³-hybridized carbons (Fsp3) is 0.800. The van der Waals surface area contributed by atoms with Gasteiger partial charge >= 0.3 is 0 Å². The Morgan fingerprint density at radius 3 is 2.60 bits per heavy atom. The smallest absolute Gasteiger partial charge is 0.236 e. The van der Waals surface area contributed by atoms with E-state index in [0.29, 0.717) is 13.1 Å². The topological polar surface area (TPSA) is 101 Å². The maximum absolute atomic E-state index is 10.4. The van der Waals surface area contributed by atoms with Crippen molar-refractivity contribution in [3.05, 3.63) is 0 Å². The van der Waals surface area contributed by atoms with Gasteiger partial charge in [-0.25, -0.2) is 0 Å². The van der Waals surface area contributed by atoms with Crippen molar-refractivity contribution in [3.8, 4) is 0 Å². The number of carbonyl (C=O) groups is 1. The van der Waals surface area contributed by atoms with Gasteiger partial charge in [-0.2, -0.15) is 0 Å². The van der Waals surface area contributed by atoms with Gasteiger partial charge in [0.15, 0.2) is 0 Å². The average Bonchev–Trinajstić information content (AvgIpc) is 1.89. The highest BCUT2D eigenvalue weighted by Crippen LogP contribution is 1.76. The Morgan fingerprint density at radius 2 is 2.30 bits per heavy atom. The van der Waals surface area contributed by atoms with Crippen molar-refractivity contribution in [1.29, 1.82) is 0 Å². The summed E-state index contributed by atoms with van der Waals surface area (Å²) in [5.74, 6) is -0.559. The Labute approximate surface area is 59.4 Å². The molecule has 1 atom stereocenters. The number of aliphatic hydroxyl groups excluding tert-OH is 1. The summed E-state index contributed by atoms with van der Waals surface area (Å²) in [6, 6.07) is -0.663. The number of primary amides is 1. The molecule has 0 aromatic heterocycles. The molecule has 5 heteroatoms. The zero-order valence-electron chi connectivity index (χ0n) is 5.71. The van der Waals surface area contributed by atoms with E-state index < -0.39 is 11.9 Å². The molecular formula is C5H13N3O2. The molecule has 0 aromatic rings. The number of aliphatic hydroxyl groups is 1. The van der Waals surface area contributed by atoms with Gasteiger partial charge in [0.2, 0.25) is 5.91 Å². The molecule has 0 spiro atoms. The van der Waals surface area contributed by atoms with E-state index in [1.165, 1.54) is 0 Å². The average molecular weight is 147 g/mol. The minimum atomic E-state index is -0.663. The fourth-order valence-corrected chi connectivity index (χ4v) is 0.513. The lowest BCUT2D eigenvalue weighted by Gasteiger charge is -2.10. The maximum atomic E-state index is 10.4. The number of nitrogens with two attached hydrogens (primary N) is 2. The molecule has 1 amide bonds. The lowest BCUT2D eigenvalue weighted by molar-refractivity contribution is -0.120. The molecule has 0 fully saturated rings. The number of amides is 1. The van der Waals surface area contributed by atoms with E-state index in [2.05, 4.69) is 5.32 Å². The van der Waals surface area contributed by atoms with Crippen LogP contribution in [0.4, 0.5) is 0 Å². The third kappa shape index (κ3) is 3.39. The van der Waals surface area contributed by atoms with Crippen LogP contribution in [0.15, 0.2) is 0 Å². The molecule has 0 saturated heterocycles. The Bertz CT molecular complexity index is 107. The first kappa shape index (κ1) is 9.35. The molecule has 0 aliphatic rings. The van der Waals surface area contributed by atoms with Crippen LogP contribution in [-0.2, 0) is 4.79 Å². The molecule has 0 saturated carbocycles. The fourth-order valence-electron chi connectivity index (χ4n) is 0.513. The van der Waals surface area contributed by atoms with E-state index in [1.54, 1.807) is 0 Å². The Balaban J connectivity index is 3.50. The highest BCUT2D eigenvalue weighted by atomic mass is 16.3. The molecule has 0 heterocycles. The van der Waals surface area contributed by atoms with E-state index in [9.17, 15) is 4.79 Å². The van der Waals surface area contributed by atoms with E-state index in [-0.39, 0.29) is 6.61 Å². The van der Waals surface area contributed by atoms with Gasteiger partial charge in [-0.05, 0) is 0 Å². The maximum Gasteiger partial charge on any atom is 0.236 e. The summed E-state index contributed by atoms with van der Waals surface area (Å²) in [7, 11) is 0. The van der Waals surface area contributed by atoms with E-state index in [1.807, 2.05) is 0 Å². The van der Waals surface area contributed by atoms with Crippen LogP contribution in [0.25, 0.3) is 0 Å². The van der Waals surface area contributed by atoms with Gasteiger partial charge in [0.1, 0.15) is 6.04 Å². The van der Waals surface area contributed by atoms with Crippen LogP contribution in [0.2, 0.25) is 0 Å². The standard InChI is InChI=1S/C5H13N3O2/c6-1-2-8-4(3-9)5(7)10/h4,8-9H,1-3,6H2,(H2,7,10)/t4-/m0/s1.